The van der Waals surface area contributed by atoms with Gasteiger partial charge in [0.05, 0.1) is 35.0 Å². The van der Waals surface area contributed by atoms with Crippen molar-refractivity contribution in [2.45, 2.75) is 13.3 Å². The molecule has 0 saturated carbocycles. The van der Waals surface area contributed by atoms with Crippen LogP contribution in [0.1, 0.15) is 13.3 Å². The Morgan fingerprint density at radius 2 is 1.86 bits per heavy atom. The Morgan fingerprint density at radius 3 is 2.71 bits per heavy atom. The lowest BCUT2D eigenvalue weighted by molar-refractivity contribution is -0.115. The minimum Gasteiger partial charge on any atom is -0.338 e. The summed E-state index contributed by atoms with van der Waals surface area (Å²) in [5.41, 5.74) is 7.42. The number of anilines is 1. The minimum atomic E-state index is -0.0671. The van der Waals surface area contributed by atoms with E-state index in [0.717, 1.165) is 55.7 Å². The first-order valence-corrected chi connectivity index (χ1v) is 11.2. The van der Waals surface area contributed by atoms with E-state index in [1.165, 1.54) is 0 Å². The third-order valence-electron chi connectivity index (χ3n) is 5.85. The minimum absolute atomic E-state index is 0.0671. The van der Waals surface area contributed by atoms with Crippen LogP contribution in [0.4, 0.5) is 5.69 Å². The molecule has 0 aliphatic heterocycles. The molecule has 3 N–H and O–H groups in total. The molecule has 6 heterocycles. The van der Waals surface area contributed by atoms with Gasteiger partial charge in [0.2, 0.25) is 5.91 Å². The van der Waals surface area contributed by atoms with Gasteiger partial charge in [0.25, 0.3) is 0 Å². The molecule has 0 aromatic carbocycles. The number of aromatic nitrogens is 7. The summed E-state index contributed by atoms with van der Waals surface area (Å²) in [5, 5.41) is 12.4. The monoisotopic (exact) mass is 460 g/mol. The summed E-state index contributed by atoms with van der Waals surface area (Å²) in [6.45, 7) is 1.81. The Kier molecular flexibility index (Phi) is 4.99. The first-order chi connectivity index (χ1) is 17.2. The zero-order chi connectivity index (χ0) is 23.8. The lowest BCUT2D eigenvalue weighted by Gasteiger charge is -2.06. The SMILES string of the molecule is CCC(=O)Nc1cncc(-c2cc3c(-c4cc5c(-c6cccnc6)ccnc5[nH]4)n[nH]c3cn2)c1. The molecule has 0 saturated heterocycles. The van der Waals surface area contributed by atoms with Crippen molar-refractivity contribution in [3.63, 3.8) is 0 Å². The molecule has 6 aromatic heterocycles. The van der Waals surface area contributed by atoms with Crippen molar-refractivity contribution in [1.29, 1.82) is 0 Å². The zero-order valence-electron chi connectivity index (χ0n) is 18.8. The molecule has 0 fully saturated rings. The number of carbonyl (C=O) groups is 1. The Hall–Kier alpha value is -4.92. The molecule has 0 aliphatic rings. The van der Waals surface area contributed by atoms with Crippen LogP contribution in [0.5, 0.6) is 0 Å². The average molecular weight is 461 g/mol. The van der Waals surface area contributed by atoms with Crippen LogP contribution in [-0.4, -0.2) is 41.0 Å². The van der Waals surface area contributed by atoms with Crippen LogP contribution < -0.4 is 5.32 Å². The summed E-state index contributed by atoms with van der Waals surface area (Å²) >= 11 is 0. The fourth-order valence-electron chi connectivity index (χ4n) is 4.11. The highest BCUT2D eigenvalue weighted by Gasteiger charge is 2.15. The molecule has 35 heavy (non-hydrogen) atoms. The molecule has 0 bridgehead atoms. The van der Waals surface area contributed by atoms with E-state index < -0.39 is 0 Å². The number of nitrogens with one attached hydrogen (secondary N) is 3. The number of hydrogen-bond acceptors (Lipinski definition) is 6. The van der Waals surface area contributed by atoms with Gasteiger partial charge in [-0.25, -0.2) is 4.98 Å². The van der Waals surface area contributed by atoms with Crippen LogP contribution in [0, 0.1) is 0 Å². The van der Waals surface area contributed by atoms with Crippen LogP contribution >= 0.6 is 0 Å². The predicted octanol–water partition coefficient (Wildman–Crippen LogP) is 4.97. The van der Waals surface area contributed by atoms with Crippen LogP contribution in [-0.2, 0) is 4.79 Å². The molecule has 0 radical (unpaired) electrons. The lowest BCUT2D eigenvalue weighted by Crippen LogP contribution is -2.09. The molecule has 0 spiro atoms. The number of rotatable bonds is 5. The first kappa shape index (κ1) is 20.7. The molecule has 0 unspecified atom stereocenters. The van der Waals surface area contributed by atoms with Crippen molar-refractivity contribution in [2.75, 3.05) is 5.32 Å². The highest BCUT2D eigenvalue weighted by atomic mass is 16.1. The highest BCUT2D eigenvalue weighted by molar-refractivity contribution is 6.00. The number of nitrogens with zero attached hydrogens (tertiary/aromatic N) is 5. The fourth-order valence-corrected chi connectivity index (χ4v) is 4.11. The smallest absolute Gasteiger partial charge is 0.224 e. The number of carbonyl (C=O) groups excluding carboxylic acids is 1. The molecule has 6 rings (SSSR count). The Labute approximate surface area is 199 Å². The van der Waals surface area contributed by atoms with Crippen LogP contribution in [0.25, 0.3) is 55.7 Å². The first-order valence-electron chi connectivity index (χ1n) is 11.2. The number of pyridine rings is 4. The number of fused-ring (bicyclic) bond motifs is 2. The van der Waals surface area contributed by atoms with Gasteiger partial charge >= 0.3 is 0 Å². The van der Waals surface area contributed by atoms with E-state index in [1.54, 1.807) is 31.0 Å². The summed E-state index contributed by atoms with van der Waals surface area (Å²) < 4.78 is 0. The standard InChI is InChI=1S/C26H20N8O/c1-2-24(35)31-17-8-16(12-28-13-17)21-10-20-23(14-30-21)33-34-25(20)22-9-19-18(5-7-29-26(19)32-22)15-4-3-6-27-11-15/h3-14H,2H2,1H3,(H,29,32)(H,31,35)(H,33,34). The molecule has 9 nitrogen and oxygen atoms in total. The van der Waals surface area contributed by atoms with Gasteiger partial charge in [0.1, 0.15) is 11.3 Å². The average Bonchev–Trinajstić information content (AvgIpc) is 3.53. The van der Waals surface area contributed by atoms with E-state index >= 15 is 0 Å². The maximum absolute atomic E-state index is 11.8. The second-order valence-electron chi connectivity index (χ2n) is 8.10. The summed E-state index contributed by atoms with van der Waals surface area (Å²) in [4.78, 5) is 32.8. The molecular formula is C26H20N8O. The third kappa shape index (κ3) is 3.78. The molecule has 9 heteroatoms. The number of aromatic amines is 2. The Morgan fingerprint density at radius 1 is 0.943 bits per heavy atom. The van der Waals surface area contributed by atoms with Gasteiger partial charge in [-0.2, -0.15) is 5.10 Å². The third-order valence-corrected chi connectivity index (χ3v) is 5.85. The van der Waals surface area contributed by atoms with E-state index in [1.807, 2.05) is 43.5 Å². The summed E-state index contributed by atoms with van der Waals surface area (Å²) in [6, 6.07) is 11.8. The van der Waals surface area contributed by atoms with Gasteiger partial charge in [-0.3, -0.25) is 24.8 Å². The molecule has 1 amide bonds. The van der Waals surface area contributed by atoms with E-state index in [-0.39, 0.29) is 5.91 Å². The zero-order valence-corrected chi connectivity index (χ0v) is 18.8. The van der Waals surface area contributed by atoms with Gasteiger partial charge in [-0.15, -0.1) is 0 Å². The van der Waals surface area contributed by atoms with Crippen molar-refractivity contribution in [2.24, 2.45) is 0 Å². The van der Waals surface area contributed by atoms with Crippen LogP contribution in [0.3, 0.4) is 0 Å². The summed E-state index contributed by atoms with van der Waals surface area (Å²) in [5.74, 6) is -0.0671. The second-order valence-corrected chi connectivity index (χ2v) is 8.10. The van der Waals surface area contributed by atoms with Gasteiger partial charge < -0.3 is 10.3 Å². The fraction of sp³-hybridized carbons (Fsp3) is 0.0769. The lowest BCUT2D eigenvalue weighted by atomic mass is 10.1. The Balaban J connectivity index is 1.43. The summed E-state index contributed by atoms with van der Waals surface area (Å²) in [7, 11) is 0. The molecule has 6 aromatic rings. The van der Waals surface area contributed by atoms with Crippen molar-refractivity contribution in [1.82, 2.24) is 35.1 Å². The Bertz CT molecular complexity index is 1690. The molecule has 0 aliphatic carbocycles. The largest absolute Gasteiger partial charge is 0.338 e. The second kappa shape index (κ2) is 8.45. The van der Waals surface area contributed by atoms with E-state index in [0.29, 0.717) is 12.1 Å². The quantitative estimate of drug-likeness (QED) is 0.333. The van der Waals surface area contributed by atoms with Gasteiger partial charge in [0.15, 0.2) is 0 Å². The van der Waals surface area contributed by atoms with Crippen molar-refractivity contribution in [3.05, 3.63) is 73.6 Å². The summed E-state index contributed by atoms with van der Waals surface area (Å²) in [6.07, 6.45) is 10.9. The number of amides is 1. The van der Waals surface area contributed by atoms with Crippen molar-refractivity contribution in [3.8, 4) is 33.8 Å². The predicted molar refractivity (Wildman–Crippen MR) is 134 cm³/mol. The van der Waals surface area contributed by atoms with Crippen LogP contribution in [0.2, 0.25) is 0 Å². The van der Waals surface area contributed by atoms with Crippen molar-refractivity contribution < 1.29 is 4.79 Å². The maximum atomic E-state index is 11.8. The van der Waals surface area contributed by atoms with Gasteiger partial charge in [-0.05, 0) is 35.9 Å². The highest BCUT2D eigenvalue weighted by Crippen LogP contribution is 2.34. The van der Waals surface area contributed by atoms with E-state index in [4.69, 9.17) is 0 Å². The van der Waals surface area contributed by atoms with Gasteiger partial charge in [0, 0.05) is 53.1 Å². The van der Waals surface area contributed by atoms with Gasteiger partial charge in [-0.1, -0.05) is 13.0 Å². The number of hydrogen-bond donors (Lipinski definition) is 3. The van der Waals surface area contributed by atoms with E-state index in [9.17, 15) is 4.79 Å². The normalized spacial score (nSPS) is 11.2. The van der Waals surface area contributed by atoms with Crippen LogP contribution in [0.15, 0.2) is 73.6 Å². The topological polar surface area (TPSA) is 125 Å². The number of H-pyrrole nitrogens is 2. The van der Waals surface area contributed by atoms with Crippen molar-refractivity contribution >= 4 is 33.5 Å². The van der Waals surface area contributed by atoms with E-state index in [2.05, 4.69) is 46.5 Å². The molecule has 170 valence electrons. The molecule has 0 atom stereocenters. The molecular weight excluding hydrogens is 440 g/mol. The maximum Gasteiger partial charge on any atom is 0.224 e.